The molecule has 0 spiro atoms. The molecule has 0 unspecified atom stereocenters. The molecule has 1 aliphatic heterocycles. The average molecular weight is 373 g/mol. The van der Waals surface area contributed by atoms with Crippen molar-refractivity contribution in [1.82, 2.24) is 14.8 Å². The third kappa shape index (κ3) is 4.22. The van der Waals surface area contributed by atoms with Crippen molar-refractivity contribution < 1.29 is 14.3 Å². The second-order valence-electron chi connectivity index (χ2n) is 6.23. The first-order chi connectivity index (χ1) is 12.6. The number of para-hydroxylation sites is 1. The Morgan fingerprint density at radius 1 is 1.15 bits per heavy atom. The van der Waals surface area contributed by atoms with E-state index in [-0.39, 0.29) is 11.8 Å². The summed E-state index contributed by atoms with van der Waals surface area (Å²) in [5.74, 6) is 0.997. The monoisotopic (exact) mass is 373 g/mol. The lowest BCUT2D eigenvalue weighted by molar-refractivity contribution is -0.138. The molecule has 1 aromatic heterocycles. The van der Waals surface area contributed by atoms with Gasteiger partial charge in [-0.15, -0.1) is 11.3 Å². The lowest BCUT2D eigenvalue weighted by atomic mass is 10.2. The van der Waals surface area contributed by atoms with Crippen molar-refractivity contribution in [3.8, 4) is 16.3 Å². The maximum absolute atomic E-state index is 12.4. The van der Waals surface area contributed by atoms with Gasteiger partial charge in [-0.25, -0.2) is 4.98 Å². The van der Waals surface area contributed by atoms with Crippen molar-refractivity contribution in [3.05, 3.63) is 35.3 Å². The van der Waals surface area contributed by atoms with E-state index in [2.05, 4.69) is 4.98 Å². The number of hydrogen-bond acceptors (Lipinski definition) is 5. The third-order valence-corrected chi connectivity index (χ3v) is 5.49. The predicted octanol–water partition coefficient (Wildman–Crippen LogP) is 2.44. The zero-order valence-electron chi connectivity index (χ0n) is 15.1. The van der Waals surface area contributed by atoms with Crippen LogP contribution in [0.15, 0.2) is 29.6 Å². The van der Waals surface area contributed by atoms with Crippen molar-refractivity contribution in [3.63, 3.8) is 0 Å². The minimum Gasteiger partial charge on any atom is -0.496 e. The van der Waals surface area contributed by atoms with E-state index in [1.165, 1.54) is 0 Å². The van der Waals surface area contributed by atoms with Gasteiger partial charge in [0.1, 0.15) is 10.8 Å². The molecule has 0 bridgehead atoms. The lowest BCUT2D eigenvalue weighted by Crippen LogP contribution is -2.50. The molecule has 138 valence electrons. The minimum absolute atomic E-state index is 0.0726. The van der Waals surface area contributed by atoms with Gasteiger partial charge in [0.2, 0.25) is 11.8 Å². The van der Waals surface area contributed by atoms with Gasteiger partial charge in [-0.2, -0.15) is 0 Å². The Labute approximate surface area is 157 Å². The normalized spacial score (nSPS) is 14.4. The number of rotatable bonds is 5. The molecule has 7 heteroatoms. The molecule has 6 nitrogen and oxygen atoms in total. The van der Waals surface area contributed by atoms with Crippen molar-refractivity contribution in [2.45, 2.75) is 19.8 Å². The number of carbonyl (C=O) groups is 2. The first-order valence-corrected chi connectivity index (χ1v) is 9.57. The SMILES string of the molecule is COc1ccccc1-c1nc(CCC(=O)N2CCN(C(C)=O)CC2)cs1. The van der Waals surface area contributed by atoms with E-state index in [4.69, 9.17) is 4.74 Å². The van der Waals surface area contributed by atoms with Crippen LogP contribution in [0.1, 0.15) is 19.0 Å². The van der Waals surface area contributed by atoms with Crippen LogP contribution < -0.4 is 4.74 Å². The maximum Gasteiger partial charge on any atom is 0.223 e. The first-order valence-electron chi connectivity index (χ1n) is 8.69. The fourth-order valence-corrected chi connectivity index (χ4v) is 3.91. The van der Waals surface area contributed by atoms with Crippen LogP contribution in [0.3, 0.4) is 0 Å². The molecule has 3 rings (SSSR count). The van der Waals surface area contributed by atoms with E-state index in [9.17, 15) is 9.59 Å². The summed E-state index contributed by atoms with van der Waals surface area (Å²) in [4.78, 5) is 32.0. The molecule has 0 aliphatic carbocycles. The van der Waals surface area contributed by atoms with Crippen LogP contribution in [0.25, 0.3) is 10.6 Å². The van der Waals surface area contributed by atoms with E-state index in [1.807, 2.05) is 34.5 Å². The van der Waals surface area contributed by atoms with Gasteiger partial charge >= 0.3 is 0 Å². The van der Waals surface area contributed by atoms with E-state index in [0.717, 1.165) is 22.0 Å². The van der Waals surface area contributed by atoms with Crippen LogP contribution in [-0.4, -0.2) is 59.9 Å². The average Bonchev–Trinajstić information content (AvgIpc) is 3.15. The zero-order valence-corrected chi connectivity index (χ0v) is 15.9. The number of benzene rings is 1. The Balaban J connectivity index is 1.55. The van der Waals surface area contributed by atoms with E-state index < -0.39 is 0 Å². The Morgan fingerprint density at radius 2 is 1.85 bits per heavy atom. The predicted molar refractivity (Wildman–Crippen MR) is 101 cm³/mol. The molecule has 2 amide bonds. The molecule has 0 atom stereocenters. The Kier molecular flexibility index (Phi) is 5.88. The van der Waals surface area contributed by atoms with Crippen molar-refractivity contribution in [1.29, 1.82) is 0 Å². The second kappa shape index (κ2) is 8.31. The van der Waals surface area contributed by atoms with Crippen LogP contribution in [0.2, 0.25) is 0 Å². The quantitative estimate of drug-likeness (QED) is 0.808. The molecule has 1 saturated heterocycles. The van der Waals surface area contributed by atoms with Gasteiger partial charge < -0.3 is 14.5 Å². The summed E-state index contributed by atoms with van der Waals surface area (Å²) in [6, 6.07) is 7.80. The number of aryl methyl sites for hydroxylation is 1. The van der Waals surface area contributed by atoms with Crippen molar-refractivity contribution in [2.75, 3.05) is 33.3 Å². The molecule has 2 heterocycles. The maximum atomic E-state index is 12.4. The number of nitrogens with zero attached hydrogens (tertiary/aromatic N) is 3. The molecule has 0 saturated carbocycles. The van der Waals surface area contributed by atoms with E-state index in [0.29, 0.717) is 39.0 Å². The van der Waals surface area contributed by atoms with Crippen LogP contribution in [0, 0.1) is 0 Å². The number of thiazole rings is 1. The number of hydrogen-bond donors (Lipinski definition) is 0. The third-order valence-electron chi connectivity index (χ3n) is 4.56. The van der Waals surface area contributed by atoms with Crippen LogP contribution in [0.4, 0.5) is 0 Å². The fourth-order valence-electron chi connectivity index (χ4n) is 3.03. The van der Waals surface area contributed by atoms with Gasteiger partial charge in [-0.05, 0) is 18.6 Å². The molecular formula is C19H23N3O3S. The summed E-state index contributed by atoms with van der Waals surface area (Å²) in [7, 11) is 1.65. The highest BCUT2D eigenvalue weighted by molar-refractivity contribution is 7.13. The molecule has 0 radical (unpaired) electrons. The molecule has 1 aromatic carbocycles. The number of ether oxygens (including phenoxy) is 1. The van der Waals surface area contributed by atoms with Crippen LogP contribution >= 0.6 is 11.3 Å². The molecule has 1 fully saturated rings. The summed E-state index contributed by atoms with van der Waals surface area (Å²) in [6.45, 7) is 4.04. The molecule has 26 heavy (non-hydrogen) atoms. The number of aromatic nitrogens is 1. The zero-order chi connectivity index (χ0) is 18.5. The largest absolute Gasteiger partial charge is 0.496 e. The Hall–Kier alpha value is -2.41. The molecule has 1 aliphatic rings. The highest BCUT2D eigenvalue weighted by Gasteiger charge is 2.22. The number of piperazine rings is 1. The van der Waals surface area contributed by atoms with Gasteiger partial charge in [0.25, 0.3) is 0 Å². The van der Waals surface area contributed by atoms with Crippen molar-refractivity contribution >= 4 is 23.2 Å². The molecule has 2 aromatic rings. The Morgan fingerprint density at radius 3 is 2.54 bits per heavy atom. The summed E-state index contributed by atoms with van der Waals surface area (Å²) < 4.78 is 5.39. The number of carbonyl (C=O) groups excluding carboxylic acids is 2. The highest BCUT2D eigenvalue weighted by atomic mass is 32.1. The minimum atomic E-state index is 0.0726. The first kappa shape index (κ1) is 18.4. The number of amides is 2. The van der Waals surface area contributed by atoms with Crippen LogP contribution in [-0.2, 0) is 16.0 Å². The van der Waals surface area contributed by atoms with Gasteiger partial charge in [0, 0.05) is 44.9 Å². The summed E-state index contributed by atoms with van der Waals surface area (Å²) in [5, 5.41) is 2.91. The van der Waals surface area contributed by atoms with Gasteiger partial charge in [-0.1, -0.05) is 12.1 Å². The van der Waals surface area contributed by atoms with E-state index >= 15 is 0 Å². The standard InChI is InChI=1S/C19H23N3O3S/c1-14(23)21-9-11-22(12-10-21)18(24)8-7-15-13-26-19(20-15)16-5-3-4-6-17(16)25-2/h3-6,13H,7-12H2,1-2H3. The molecular weight excluding hydrogens is 350 g/mol. The van der Waals surface area contributed by atoms with Crippen LogP contribution in [0.5, 0.6) is 5.75 Å². The van der Waals surface area contributed by atoms with E-state index in [1.54, 1.807) is 30.3 Å². The van der Waals surface area contributed by atoms with Crippen molar-refractivity contribution in [2.24, 2.45) is 0 Å². The summed E-state index contributed by atoms with van der Waals surface area (Å²) in [6.07, 6.45) is 1.06. The van der Waals surface area contributed by atoms with Gasteiger partial charge in [0.05, 0.1) is 18.4 Å². The highest BCUT2D eigenvalue weighted by Crippen LogP contribution is 2.32. The smallest absolute Gasteiger partial charge is 0.223 e. The Bertz CT molecular complexity index is 782. The van der Waals surface area contributed by atoms with Gasteiger partial charge in [0.15, 0.2) is 0 Å². The topological polar surface area (TPSA) is 62.7 Å². The fraction of sp³-hybridized carbons (Fsp3) is 0.421. The molecule has 0 N–H and O–H groups in total. The summed E-state index contributed by atoms with van der Waals surface area (Å²) in [5.41, 5.74) is 1.89. The van der Waals surface area contributed by atoms with Gasteiger partial charge in [-0.3, -0.25) is 9.59 Å². The second-order valence-corrected chi connectivity index (χ2v) is 7.09. The number of methoxy groups -OCH3 is 1. The summed E-state index contributed by atoms with van der Waals surface area (Å²) >= 11 is 1.56. The lowest BCUT2D eigenvalue weighted by Gasteiger charge is -2.34.